The Hall–Kier alpha value is -1.13. The van der Waals surface area contributed by atoms with Crippen LogP contribution < -0.4 is 0 Å². The summed E-state index contributed by atoms with van der Waals surface area (Å²) in [5.74, 6) is 1.20. The zero-order valence-corrected chi connectivity index (χ0v) is 22.4. The summed E-state index contributed by atoms with van der Waals surface area (Å²) < 4.78 is 5.36. The molecule has 4 heteroatoms. The standard InChI is InChI=1S/C28H42O2S2/c1-22(15-16-26-24(3)12-9-19-28(26,4)5)10-8-11-23(2)17-20-30-27(29)14-7-6-13-25-18-21-31-32-25/h8,10-11,15-17,25H,6-7,9,12-14,18-21H2,1-5H3/b11-8+,16-15+,22-10+,23-17+. The van der Waals surface area contributed by atoms with Crippen LogP contribution in [-0.2, 0) is 9.53 Å². The van der Waals surface area contributed by atoms with Crippen molar-refractivity contribution in [3.63, 3.8) is 0 Å². The fourth-order valence-corrected chi connectivity index (χ4v) is 7.27. The molecular weight excluding hydrogens is 432 g/mol. The number of carbonyl (C=O) groups excluding carboxylic acids is 1. The molecule has 0 spiro atoms. The summed E-state index contributed by atoms with van der Waals surface area (Å²) in [5, 5.41) is 0.793. The van der Waals surface area contributed by atoms with Crippen LogP contribution in [0, 0.1) is 5.41 Å². The third-order valence-electron chi connectivity index (χ3n) is 6.31. The Bertz CT molecular complexity index is 762. The highest BCUT2D eigenvalue weighted by molar-refractivity contribution is 8.77. The summed E-state index contributed by atoms with van der Waals surface area (Å²) in [6.45, 7) is 11.5. The molecule has 178 valence electrons. The van der Waals surface area contributed by atoms with Crippen molar-refractivity contribution in [3.05, 3.63) is 58.7 Å². The van der Waals surface area contributed by atoms with Crippen LogP contribution in [0.25, 0.3) is 0 Å². The van der Waals surface area contributed by atoms with Crippen LogP contribution in [-0.4, -0.2) is 23.6 Å². The first kappa shape index (κ1) is 27.1. The SMILES string of the molecule is CC1=C(/C=C/C(C)=C/C=C/C(C)=C/COC(=O)CCCCC2CCSS2)C(C)(C)CCC1. The van der Waals surface area contributed by atoms with Crippen molar-refractivity contribution in [2.75, 3.05) is 12.4 Å². The maximum absolute atomic E-state index is 11.9. The van der Waals surface area contributed by atoms with Gasteiger partial charge in [-0.2, -0.15) is 0 Å². The lowest BCUT2D eigenvalue weighted by atomic mass is 9.72. The van der Waals surface area contributed by atoms with Crippen LogP contribution in [0.5, 0.6) is 0 Å². The van der Waals surface area contributed by atoms with Gasteiger partial charge in [0.1, 0.15) is 6.61 Å². The molecule has 1 aliphatic heterocycles. The molecule has 0 radical (unpaired) electrons. The maximum Gasteiger partial charge on any atom is 0.306 e. The van der Waals surface area contributed by atoms with Gasteiger partial charge in [0.05, 0.1) is 0 Å². The molecule has 1 saturated heterocycles. The van der Waals surface area contributed by atoms with Crippen LogP contribution in [0.3, 0.4) is 0 Å². The van der Waals surface area contributed by atoms with Crippen molar-refractivity contribution in [3.8, 4) is 0 Å². The Morgan fingerprint density at radius 1 is 1.19 bits per heavy atom. The Balaban J connectivity index is 1.68. The third-order valence-corrected chi connectivity index (χ3v) is 9.31. The second-order valence-corrected chi connectivity index (χ2v) is 12.5. The van der Waals surface area contributed by atoms with E-state index in [1.165, 1.54) is 54.6 Å². The van der Waals surface area contributed by atoms with E-state index in [4.69, 9.17) is 4.74 Å². The molecule has 2 rings (SSSR count). The molecular formula is C28H42O2S2. The van der Waals surface area contributed by atoms with Gasteiger partial charge >= 0.3 is 5.97 Å². The summed E-state index contributed by atoms with van der Waals surface area (Å²) in [6.07, 6.45) is 21.7. The molecule has 0 aromatic carbocycles. The summed E-state index contributed by atoms with van der Waals surface area (Å²) in [7, 11) is 3.99. The van der Waals surface area contributed by atoms with Gasteiger partial charge in [0, 0.05) is 17.4 Å². The highest BCUT2D eigenvalue weighted by Crippen LogP contribution is 2.41. The molecule has 1 unspecified atom stereocenters. The predicted molar refractivity (Wildman–Crippen MR) is 144 cm³/mol. The molecule has 0 N–H and O–H groups in total. The van der Waals surface area contributed by atoms with Crippen LogP contribution in [0.2, 0.25) is 0 Å². The zero-order valence-electron chi connectivity index (χ0n) is 20.7. The number of rotatable bonds is 11. The van der Waals surface area contributed by atoms with Gasteiger partial charge in [-0.3, -0.25) is 4.79 Å². The maximum atomic E-state index is 11.9. The monoisotopic (exact) mass is 474 g/mol. The minimum absolute atomic E-state index is 0.0809. The van der Waals surface area contributed by atoms with E-state index in [9.17, 15) is 4.79 Å². The van der Waals surface area contributed by atoms with Crippen LogP contribution in [0.15, 0.2) is 58.7 Å². The second kappa shape index (κ2) is 14.2. The van der Waals surface area contributed by atoms with Gasteiger partial charge < -0.3 is 4.74 Å². The molecule has 0 aromatic rings. The van der Waals surface area contributed by atoms with Gasteiger partial charge in [-0.1, -0.05) is 89.0 Å². The van der Waals surface area contributed by atoms with E-state index in [1.807, 2.05) is 34.6 Å². The summed E-state index contributed by atoms with van der Waals surface area (Å²) in [5.41, 5.74) is 5.64. The fourth-order valence-electron chi connectivity index (χ4n) is 4.24. The van der Waals surface area contributed by atoms with Crippen molar-refractivity contribution in [1.82, 2.24) is 0 Å². The largest absolute Gasteiger partial charge is 0.461 e. The lowest BCUT2D eigenvalue weighted by Crippen LogP contribution is -2.19. The van der Waals surface area contributed by atoms with Gasteiger partial charge in [-0.25, -0.2) is 0 Å². The van der Waals surface area contributed by atoms with Crippen molar-refractivity contribution < 1.29 is 9.53 Å². The molecule has 2 aliphatic rings. The Labute approximate surface area is 204 Å². The molecule has 0 saturated carbocycles. The minimum Gasteiger partial charge on any atom is -0.461 e. The van der Waals surface area contributed by atoms with E-state index in [0.29, 0.717) is 13.0 Å². The normalized spacial score (nSPS) is 22.3. The first-order valence-electron chi connectivity index (χ1n) is 12.1. The number of unbranched alkanes of at least 4 members (excludes halogenated alkanes) is 1. The number of hydrogen-bond donors (Lipinski definition) is 0. The predicted octanol–water partition coefficient (Wildman–Crippen LogP) is 8.78. The van der Waals surface area contributed by atoms with Crippen LogP contribution in [0.1, 0.15) is 86.0 Å². The van der Waals surface area contributed by atoms with E-state index in [-0.39, 0.29) is 11.4 Å². The molecule has 1 fully saturated rings. The van der Waals surface area contributed by atoms with E-state index < -0.39 is 0 Å². The second-order valence-electron chi connectivity index (χ2n) is 9.74. The highest BCUT2D eigenvalue weighted by Gasteiger charge is 2.26. The lowest BCUT2D eigenvalue weighted by molar-refractivity contribution is -0.142. The van der Waals surface area contributed by atoms with Crippen molar-refractivity contribution in [2.45, 2.75) is 91.2 Å². The van der Waals surface area contributed by atoms with Gasteiger partial charge in [-0.15, -0.1) is 0 Å². The third kappa shape index (κ3) is 10.2. The Morgan fingerprint density at radius 2 is 2.00 bits per heavy atom. The summed E-state index contributed by atoms with van der Waals surface area (Å²) in [6, 6.07) is 0. The van der Waals surface area contributed by atoms with Crippen LogP contribution in [0.4, 0.5) is 0 Å². The topological polar surface area (TPSA) is 26.3 Å². The van der Waals surface area contributed by atoms with Gasteiger partial charge in [0.25, 0.3) is 0 Å². The first-order valence-corrected chi connectivity index (χ1v) is 14.5. The van der Waals surface area contributed by atoms with E-state index in [0.717, 1.165) is 23.7 Å². The average Bonchev–Trinajstić information content (AvgIpc) is 3.24. The number of ether oxygens (including phenoxy) is 1. The van der Waals surface area contributed by atoms with Crippen molar-refractivity contribution in [1.29, 1.82) is 0 Å². The molecule has 1 heterocycles. The quantitative estimate of drug-likeness (QED) is 0.129. The lowest BCUT2D eigenvalue weighted by Gasteiger charge is -2.32. The molecule has 2 nitrogen and oxygen atoms in total. The molecule has 32 heavy (non-hydrogen) atoms. The van der Waals surface area contributed by atoms with Gasteiger partial charge in [0.15, 0.2) is 0 Å². The number of allylic oxidation sites excluding steroid dienone is 9. The Kier molecular flexibility index (Phi) is 12.0. The summed E-state index contributed by atoms with van der Waals surface area (Å²) >= 11 is 0. The van der Waals surface area contributed by atoms with E-state index >= 15 is 0 Å². The molecule has 0 bridgehead atoms. The molecule has 1 atom stereocenters. The van der Waals surface area contributed by atoms with E-state index in [1.54, 1.807) is 0 Å². The minimum atomic E-state index is -0.0809. The number of carbonyl (C=O) groups is 1. The summed E-state index contributed by atoms with van der Waals surface area (Å²) in [4.78, 5) is 11.9. The first-order chi connectivity index (χ1) is 15.3. The smallest absolute Gasteiger partial charge is 0.306 e. The number of esters is 1. The zero-order chi connectivity index (χ0) is 23.4. The Morgan fingerprint density at radius 3 is 2.72 bits per heavy atom. The molecule has 0 aromatic heterocycles. The fraction of sp³-hybridized carbons (Fsp3) is 0.607. The van der Waals surface area contributed by atoms with Gasteiger partial charge in [-0.05, 0) is 76.4 Å². The van der Waals surface area contributed by atoms with Crippen molar-refractivity contribution in [2.24, 2.45) is 5.41 Å². The highest BCUT2D eigenvalue weighted by atomic mass is 33.1. The molecule has 1 aliphatic carbocycles. The van der Waals surface area contributed by atoms with Crippen LogP contribution >= 0.6 is 21.6 Å². The van der Waals surface area contributed by atoms with Gasteiger partial charge in [0.2, 0.25) is 0 Å². The van der Waals surface area contributed by atoms with Crippen molar-refractivity contribution >= 4 is 27.6 Å². The van der Waals surface area contributed by atoms with E-state index in [2.05, 4.69) is 58.1 Å². The average molecular weight is 475 g/mol. The number of hydrogen-bond acceptors (Lipinski definition) is 4. The molecule has 0 amide bonds.